The van der Waals surface area contributed by atoms with E-state index in [1.54, 1.807) is 30.3 Å². The number of aryl methyl sites for hydroxylation is 1. The number of rotatable bonds is 10. The number of nitrogens with zero attached hydrogens (tertiary/aromatic N) is 1. The molecule has 1 N–H and O–H groups in total. The third-order valence-electron chi connectivity index (χ3n) is 5.14. The minimum Gasteiger partial charge on any atom is -0.494 e. The van der Waals surface area contributed by atoms with Crippen LogP contribution in [-0.4, -0.2) is 34.6 Å². The lowest BCUT2D eigenvalue weighted by atomic mass is 10.0. The van der Waals surface area contributed by atoms with Crippen LogP contribution in [0, 0.1) is 5.82 Å². The van der Waals surface area contributed by atoms with Gasteiger partial charge in [-0.3, -0.25) is 4.79 Å². The summed E-state index contributed by atoms with van der Waals surface area (Å²) >= 11 is 0. The molecule has 1 heterocycles. The molecule has 0 saturated carbocycles. The first-order valence-corrected chi connectivity index (χ1v) is 10.5. The van der Waals surface area contributed by atoms with E-state index in [2.05, 4.69) is 4.57 Å². The van der Waals surface area contributed by atoms with Gasteiger partial charge in [0.05, 0.1) is 6.61 Å². The molecule has 0 atom stereocenters. The highest BCUT2D eigenvalue weighted by Crippen LogP contribution is 2.22. The first-order valence-electron chi connectivity index (χ1n) is 10.5. The van der Waals surface area contributed by atoms with Crippen molar-refractivity contribution in [3.8, 4) is 11.5 Å². The molecule has 6 nitrogen and oxygen atoms in total. The van der Waals surface area contributed by atoms with Gasteiger partial charge in [-0.1, -0.05) is 0 Å². The topological polar surface area (TPSA) is 77.8 Å². The smallest absolute Gasteiger partial charge is 0.341 e. The Bertz CT molecular complexity index is 1260. The maximum Gasteiger partial charge on any atom is 0.341 e. The van der Waals surface area contributed by atoms with Gasteiger partial charge in [0.2, 0.25) is 0 Å². The Kier molecular flexibility index (Phi) is 6.69. The number of carbonyl (C=O) groups excluding carboxylic acids is 1. The second-order valence-corrected chi connectivity index (χ2v) is 7.47. The normalized spacial score (nSPS) is 10.8. The zero-order valence-corrected chi connectivity index (χ0v) is 17.7. The van der Waals surface area contributed by atoms with Crippen LogP contribution in [0.1, 0.15) is 22.3 Å². The summed E-state index contributed by atoms with van der Waals surface area (Å²) in [5, 5.41) is 9.69. The van der Waals surface area contributed by atoms with Crippen LogP contribution in [0.2, 0.25) is 0 Å². The van der Waals surface area contributed by atoms with Crippen molar-refractivity contribution < 1.29 is 28.6 Å². The molecular weight excluding hydrogens is 425 g/mol. The molecule has 0 aliphatic carbocycles. The van der Waals surface area contributed by atoms with Gasteiger partial charge in [-0.25, -0.2) is 9.18 Å². The van der Waals surface area contributed by atoms with Crippen molar-refractivity contribution in [1.29, 1.82) is 0 Å². The van der Waals surface area contributed by atoms with Gasteiger partial charge in [0.25, 0.3) is 0 Å². The summed E-state index contributed by atoms with van der Waals surface area (Å²) < 4.78 is 26.2. The fraction of sp³-hybridized carbons (Fsp3) is 0.154. The van der Waals surface area contributed by atoms with Crippen molar-refractivity contribution in [2.45, 2.75) is 13.0 Å². The van der Waals surface area contributed by atoms with Crippen LogP contribution in [0.25, 0.3) is 10.9 Å². The number of aromatic nitrogens is 1. The molecule has 4 aromatic rings. The predicted molar refractivity (Wildman–Crippen MR) is 121 cm³/mol. The summed E-state index contributed by atoms with van der Waals surface area (Å²) in [5.74, 6) is -0.368. The van der Waals surface area contributed by atoms with Crippen LogP contribution >= 0.6 is 0 Å². The average Bonchev–Trinajstić information content (AvgIpc) is 3.23. The Balaban J connectivity index is 1.28. The van der Waals surface area contributed by atoms with Gasteiger partial charge in [-0.2, -0.15) is 0 Å². The van der Waals surface area contributed by atoms with Gasteiger partial charge in [-0.05, 0) is 79.2 Å². The van der Waals surface area contributed by atoms with Crippen molar-refractivity contribution in [2.24, 2.45) is 0 Å². The van der Waals surface area contributed by atoms with Gasteiger partial charge in [0.1, 0.15) is 17.3 Å². The number of hydrogen-bond acceptors (Lipinski definition) is 4. The zero-order chi connectivity index (χ0) is 23.2. The van der Waals surface area contributed by atoms with Gasteiger partial charge >= 0.3 is 5.97 Å². The van der Waals surface area contributed by atoms with Crippen molar-refractivity contribution >= 4 is 22.7 Å². The van der Waals surface area contributed by atoms with Crippen LogP contribution in [-0.2, 0) is 11.3 Å². The molecule has 4 rings (SSSR count). The van der Waals surface area contributed by atoms with Crippen LogP contribution in [0.5, 0.6) is 11.5 Å². The zero-order valence-electron chi connectivity index (χ0n) is 17.7. The van der Waals surface area contributed by atoms with Crippen molar-refractivity contribution in [3.63, 3.8) is 0 Å². The number of benzene rings is 3. The van der Waals surface area contributed by atoms with E-state index in [9.17, 15) is 14.0 Å². The Morgan fingerprint density at radius 2 is 1.52 bits per heavy atom. The summed E-state index contributed by atoms with van der Waals surface area (Å²) in [5.41, 5.74) is 1.98. The Morgan fingerprint density at radius 1 is 0.848 bits per heavy atom. The average molecular weight is 447 g/mol. The third kappa shape index (κ3) is 5.57. The quantitative estimate of drug-likeness (QED) is 0.275. The highest BCUT2D eigenvalue weighted by atomic mass is 19.1. The lowest BCUT2D eigenvalue weighted by Gasteiger charge is -2.09. The number of carbonyl (C=O) groups is 2. The fourth-order valence-electron chi connectivity index (χ4n) is 3.50. The fourth-order valence-corrected chi connectivity index (χ4v) is 3.50. The van der Waals surface area contributed by atoms with Crippen molar-refractivity contribution in [3.05, 3.63) is 95.9 Å². The maximum atomic E-state index is 13.0. The van der Waals surface area contributed by atoms with Crippen LogP contribution in [0.3, 0.4) is 0 Å². The first kappa shape index (κ1) is 22.1. The molecule has 7 heteroatoms. The SMILES string of the molecule is O=C(O)COc1ccc2c(ccn2CCCOc2ccc(C(=O)c3ccc(F)cc3)cc2)c1. The molecule has 0 amide bonds. The van der Waals surface area contributed by atoms with E-state index in [0.717, 1.165) is 23.9 Å². The summed E-state index contributed by atoms with van der Waals surface area (Å²) in [4.78, 5) is 23.1. The number of carboxylic acid groups (broad SMARTS) is 1. The number of fused-ring (bicyclic) bond motifs is 1. The number of halogens is 1. The summed E-state index contributed by atoms with van der Waals surface area (Å²) in [6.45, 7) is 0.885. The molecule has 3 aromatic carbocycles. The largest absolute Gasteiger partial charge is 0.494 e. The minimum atomic E-state index is -1.01. The molecule has 0 fully saturated rings. The highest BCUT2D eigenvalue weighted by molar-refractivity contribution is 6.09. The second kappa shape index (κ2) is 9.99. The molecule has 0 aliphatic rings. The second-order valence-electron chi connectivity index (χ2n) is 7.47. The Hall–Kier alpha value is -4.13. The summed E-state index contributed by atoms with van der Waals surface area (Å²) in [7, 11) is 0. The highest BCUT2D eigenvalue weighted by Gasteiger charge is 2.09. The monoisotopic (exact) mass is 447 g/mol. The standard InChI is InChI=1S/C26H22FNO5/c27-21-6-2-18(3-7-21)26(31)19-4-8-22(9-5-19)32-15-1-13-28-14-12-20-16-23(10-11-24(20)28)33-17-25(29)30/h2-12,14,16H,1,13,15,17H2,(H,29,30). The van der Waals surface area contributed by atoms with E-state index in [1.165, 1.54) is 24.3 Å². The molecule has 0 unspecified atom stereocenters. The van der Waals surface area contributed by atoms with E-state index in [0.29, 0.717) is 29.2 Å². The van der Waals surface area contributed by atoms with Crippen molar-refractivity contribution in [2.75, 3.05) is 13.2 Å². The van der Waals surface area contributed by atoms with E-state index in [-0.39, 0.29) is 18.2 Å². The molecular formula is C26H22FNO5. The van der Waals surface area contributed by atoms with E-state index < -0.39 is 5.97 Å². The van der Waals surface area contributed by atoms with Gasteiger partial charge in [0, 0.05) is 34.8 Å². The van der Waals surface area contributed by atoms with Crippen molar-refractivity contribution in [1.82, 2.24) is 4.57 Å². The van der Waals surface area contributed by atoms with Crippen LogP contribution < -0.4 is 9.47 Å². The third-order valence-corrected chi connectivity index (χ3v) is 5.14. The number of ketones is 1. The molecule has 0 spiro atoms. The van der Waals surface area contributed by atoms with E-state index >= 15 is 0 Å². The van der Waals surface area contributed by atoms with Crippen LogP contribution in [0.4, 0.5) is 4.39 Å². The maximum absolute atomic E-state index is 13.0. The number of carboxylic acids is 1. The van der Waals surface area contributed by atoms with Crippen LogP contribution in [0.15, 0.2) is 79.0 Å². The lowest BCUT2D eigenvalue weighted by Crippen LogP contribution is -2.09. The lowest BCUT2D eigenvalue weighted by molar-refractivity contribution is -0.139. The first-order chi connectivity index (χ1) is 16.0. The number of aliphatic carboxylic acids is 1. The van der Waals surface area contributed by atoms with Gasteiger partial charge < -0.3 is 19.1 Å². The summed E-state index contributed by atoms with van der Waals surface area (Å²) in [6, 6.07) is 19.8. The Morgan fingerprint density at radius 3 is 2.21 bits per heavy atom. The molecule has 0 bridgehead atoms. The molecule has 0 aliphatic heterocycles. The number of ether oxygens (including phenoxy) is 2. The molecule has 168 valence electrons. The van der Waals surface area contributed by atoms with E-state index in [4.69, 9.17) is 14.6 Å². The molecule has 0 saturated heterocycles. The van der Waals surface area contributed by atoms with E-state index in [1.807, 2.05) is 24.4 Å². The van der Waals surface area contributed by atoms with Gasteiger partial charge in [-0.15, -0.1) is 0 Å². The molecule has 0 radical (unpaired) electrons. The summed E-state index contributed by atoms with van der Waals surface area (Å²) in [6.07, 6.45) is 2.75. The Labute approximate surface area is 189 Å². The number of hydrogen-bond donors (Lipinski definition) is 1. The predicted octanol–water partition coefficient (Wildman–Crippen LogP) is 4.94. The molecule has 33 heavy (non-hydrogen) atoms. The van der Waals surface area contributed by atoms with Gasteiger partial charge in [0.15, 0.2) is 12.4 Å². The minimum absolute atomic E-state index is 0.169. The molecule has 1 aromatic heterocycles.